The molecule has 0 aliphatic rings. The Balaban J connectivity index is 0.00000225. The quantitative estimate of drug-likeness (QED) is 0.347. The zero-order valence-corrected chi connectivity index (χ0v) is 16.3. The van der Waals surface area contributed by atoms with Crippen molar-refractivity contribution < 1.29 is 4.74 Å². The highest BCUT2D eigenvalue weighted by Crippen LogP contribution is 2.06. The van der Waals surface area contributed by atoms with Gasteiger partial charge < -0.3 is 15.4 Å². The fraction of sp³-hybridized carbons (Fsp3) is 0.250. The summed E-state index contributed by atoms with van der Waals surface area (Å²) in [5.74, 6) is 2.10. The Morgan fingerprint density at radius 2 is 2.00 bits per heavy atom. The number of hydrogen-bond acceptors (Lipinski definition) is 5. The average molecular weight is 453 g/mol. The maximum atomic E-state index is 5.05. The van der Waals surface area contributed by atoms with E-state index in [0.717, 1.165) is 17.0 Å². The molecule has 0 spiro atoms. The molecule has 3 aromatic heterocycles. The Hall–Kier alpha value is -2.43. The van der Waals surface area contributed by atoms with Crippen LogP contribution in [0.2, 0.25) is 0 Å². The number of rotatable bonds is 5. The zero-order valence-electron chi connectivity index (χ0n) is 14.0. The summed E-state index contributed by atoms with van der Waals surface area (Å²) < 4.78 is 6.99. The van der Waals surface area contributed by atoms with Gasteiger partial charge in [-0.2, -0.15) is 0 Å². The number of guanidine groups is 1. The highest BCUT2D eigenvalue weighted by molar-refractivity contribution is 14.0. The maximum Gasteiger partial charge on any atom is 0.212 e. The Kier molecular flexibility index (Phi) is 6.92. The maximum absolute atomic E-state index is 5.05. The molecule has 3 aromatic rings. The van der Waals surface area contributed by atoms with Gasteiger partial charge in [0.25, 0.3) is 0 Å². The first-order valence-electron chi connectivity index (χ1n) is 7.52. The van der Waals surface area contributed by atoms with Crippen LogP contribution < -0.4 is 15.4 Å². The molecule has 0 aromatic carbocycles. The molecule has 0 fully saturated rings. The molecule has 0 saturated carbocycles. The second kappa shape index (κ2) is 9.16. The molecule has 0 amide bonds. The molecular weight excluding hydrogens is 433 g/mol. The van der Waals surface area contributed by atoms with Gasteiger partial charge in [-0.25, -0.2) is 4.98 Å². The number of ether oxygens (including phenoxy) is 1. The molecule has 0 radical (unpaired) electrons. The summed E-state index contributed by atoms with van der Waals surface area (Å²) in [6, 6.07) is 9.59. The molecule has 0 unspecified atom stereocenters. The van der Waals surface area contributed by atoms with E-state index in [-0.39, 0.29) is 24.0 Å². The lowest BCUT2D eigenvalue weighted by Crippen LogP contribution is -2.36. The standard InChI is InChI=1S/C16H19N7O.HI/c1-17-16(19-10-12-6-7-15(24-2)18-9-12)20-11-14-22-21-13-5-3-4-8-23(13)14;/h3-9H,10-11H2,1-2H3,(H2,17,19,20);1H. The summed E-state index contributed by atoms with van der Waals surface area (Å²) in [4.78, 5) is 8.39. The molecule has 9 heteroatoms. The number of fused-ring (bicyclic) bond motifs is 1. The first-order valence-corrected chi connectivity index (χ1v) is 7.52. The van der Waals surface area contributed by atoms with Crippen LogP contribution in [0, 0.1) is 0 Å². The monoisotopic (exact) mass is 453 g/mol. The Labute approximate surface area is 162 Å². The van der Waals surface area contributed by atoms with E-state index >= 15 is 0 Å². The summed E-state index contributed by atoms with van der Waals surface area (Å²) in [7, 11) is 3.32. The predicted octanol–water partition coefficient (Wildman–Crippen LogP) is 1.62. The van der Waals surface area contributed by atoms with E-state index in [1.165, 1.54) is 0 Å². The minimum absolute atomic E-state index is 0. The minimum atomic E-state index is 0. The SMILES string of the molecule is CN=C(NCc1ccc(OC)nc1)NCc1nnc2ccccn12.I. The van der Waals surface area contributed by atoms with Crippen LogP contribution in [-0.2, 0) is 13.1 Å². The van der Waals surface area contributed by atoms with E-state index < -0.39 is 0 Å². The van der Waals surface area contributed by atoms with E-state index in [1.54, 1.807) is 20.4 Å². The molecule has 0 saturated heterocycles. The van der Waals surface area contributed by atoms with Crippen molar-refractivity contribution in [3.05, 3.63) is 54.1 Å². The van der Waals surface area contributed by atoms with E-state index in [4.69, 9.17) is 4.74 Å². The summed E-state index contributed by atoms with van der Waals surface area (Å²) in [6.07, 6.45) is 3.71. The van der Waals surface area contributed by atoms with Gasteiger partial charge in [0.2, 0.25) is 5.88 Å². The van der Waals surface area contributed by atoms with Gasteiger partial charge in [-0.3, -0.25) is 9.39 Å². The molecule has 3 heterocycles. The van der Waals surface area contributed by atoms with Crippen molar-refractivity contribution in [2.75, 3.05) is 14.2 Å². The van der Waals surface area contributed by atoms with Gasteiger partial charge >= 0.3 is 0 Å². The molecule has 2 N–H and O–H groups in total. The summed E-state index contributed by atoms with van der Waals surface area (Å²) in [5.41, 5.74) is 1.85. The second-order valence-corrected chi connectivity index (χ2v) is 5.03. The van der Waals surface area contributed by atoms with E-state index in [1.807, 2.05) is 40.9 Å². The number of aromatic nitrogens is 4. The van der Waals surface area contributed by atoms with Gasteiger partial charge in [0.1, 0.15) is 0 Å². The number of nitrogens with zero attached hydrogens (tertiary/aromatic N) is 5. The van der Waals surface area contributed by atoms with Crippen molar-refractivity contribution in [2.45, 2.75) is 13.1 Å². The fourth-order valence-electron chi connectivity index (χ4n) is 2.22. The molecule has 132 valence electrons. The van der Waals surface area contributed by atoms with Gasteiger partial charge in [-0.15, -0.1) is 34.2 Å². The highest BCUT2D eigenvalue weighted by atomic mass is 127. The summed E-state index contributed by atoms with van der Waals surface area (Å²) >= 11 is 0. The van der Waals surface area contributed by atoms with Crippen molar-refractivity contribution in [1.29, 1.82) is 0 Å². The zero-order chi connectivity index (χ0) is 16.8. The topological polar surface area (TPSA) is 88.7 Å². The first kappa shape index (κ1) is 18.9. The van der Waals surface area contributed by atoms with Gasteiger partial charge in [0.05, 0.1) is 13.7 Å². The van der Waals surface area contributed by atoms with Crippen LogP contribution in [0.3, 0.4) is 0 Å². The first-order chi connectivity index (χ1) is 11.8. The minimum Gasteiger partial charge on any atom is -0.481 e. The van der Waals surface area contributed by atoms with E-state index in [0.29, 0.717) is 24.9 Å². The van der Waals surface area contributed by atoms with Gasteiger partial charge in [0.15, 0.2) is 17.4 Å². The third-order valence-electron chi connectivity index (χ3n) is 3.49. The number of nitrogens with one attached hydrogen (secondary N) is 2. The van der Waals surface area contributed by atoms with Crippen LogP contribution in [-0.4, -0.2) is 39.7 Å². The Morgan fingerprint density at radius 1 is 1.16 bits per heavy atom. The molecule has 0 aliphatic heterocycles. The fourth-order valence-corrected chi connectivity index (χ4v) is 2.22. The lowest BCUT2D eigenvalue weighted by atomic mass is 10.3. The van der Waals surface area contributed by atoms with Crippen LogP contribution in [0.15, 0.2) is 47.7 Å². The van der Waals surface area contributed by atoms with Crippen molar-refractivity contribution in [3.8, 4) is 5.88 Å². The summed E-state index contributed by atoms with van der Waals surface area (Å²) in [6.45, 7) is 1.13. The third-order valence-corrected chi connectivity index (χ3v) is 3.49. The molecular formula is C16H20IN7O. The third kappa shape index (κ3) is 4.78. The number of pyridine rings is 2. The van der Waals surface area contributed by atoms with Crippen LogP contribution in [0.25, 0.3) is 5.65 Å². The Morgan fingerprint density at radius 3 is 2.72 bits per heavy atom. The molecule has 0 bridgehead atoms. The van der Waals surface area contributed by atoms with E-state index in [9.17, 15) is 0 Å². The van der Waals surface area contributed by atoms with Crippen LogP contribution in [0.4, 0.5) is 0 Å². The molecule has 0 atom stereocenters. The van der Waals surface area contributed by atoms with Gasteiger partial charge in [-0.05, 0) is 17.7 Å². The van der Waals surface area contributed by atoms with Crippen molar-refractivity contribution in [1.82, 2.24) is 30.2 Å². The number of methoxy groups -OCH3 is 1. The van der Waals surface area contributed by atoms with E-state index in [2.05, 4.69) is 30.8 Å². The van der Waals surface area contributed by atoms with Crippen molar-refractivity contribution in [3.63, 3.8) is 0 Å². The van der Waals surface area contributed by atoms with Crippen molar-refractivity contribution in [2.24, 2.45) is 4.99 Å². The summed E-state index contributed by atoms with van der Waals surface area (Å²) in [5, 5.41) is 14.8. The van der Waals surface area contributed by atoms with Gasteiger partial charge in [0, 0.05) is 32.1 Å². The molecule has 8 nitrogen and oxygen atoms in total. The second-order valence-electron chi connectivity index (χ2n) is 5.03. The van der Waals surface area contributed by atoms with Crippen LogP contribution >= 0.6 is 24.0 Å². The highest BCUT2D eigenvalue weighted by Gasteiger charge is 2.05. The Bertz CT molecular complexity index is 832. The lowest BCUT2D eigenvalue weighted by Gasteiger charge is -2.11. The number of hydrogen-bond donors (Lipinski definition) is 2. The van der Waals surface area contributed by atoms with Crippen molar-refractivity contribution >= 4 is 35.6 Å². The van der Waals surface area contributed by atoms with Crippen LogP contribution in [0.1, 0.15) is 11.4 Å². The molecule has 0 aliphatic carbocycles. The average Bonchev–Trinajstić information content (AvgIpc) is 3.05. The lowest BCUT2D eigenvalue weighted by molar-refractivity contribution is 0.397. The number of halogens is 1. The smallest absolute Gasteiger partial charge is 0.212 e. The molecule has 3 rings (SSSR count). The number of aliphatic imine (C=N–C) groups is 1. The van der Waals surface area contributed by atoms with Crippen LogP contribution in [0.5, 0.6) is 5.88 Å². The normalized spacial score (nSPS) is 11.0. The molecule has 25 heavy (non-hydrogen) atoms. The van der Waals surface area contributed by atoms with Gasteiger partial charge in [-0.1, -0.05) is 12.1 Å². The predicted molar refractivity (Wildman–Crippen MR) is 106 cm³/mol. The largest absolute Gasteiger partial charge is 0.481 e.